The van der Waals surface area contributed by atoms with Gasteiger partial charge in [0, 0.05) is 6.54 Å². The number of nitrogens with zero attached hydrogens (tertiary/aromatic N) is 1. The van der Waals surface area contributed by atoms with Crippen molar-refractivity contribution in [1.82, 2.24) is 5.32 Å². The van der Waals surface area contributed by atoms with Gasteiger partial charge in [-0.05, 0) is 24.8 Å². The third-order valence-corrected chi connectivity index (χ3v) is 4.29. The number of hydrogen-bond donors (Lipinski definition) is 2. The van der Waals surface area contributed by atoms with Gasteiger partial charge in [0.25, 0.3) is 0 Å². The maximum atomic E-state index is 12.3. The lowest BCUT2D eigenvalue weighted by molar-refractivity contribution is -0.141. The van der Waals surface area contributed by atoms with Gasteiger partial charge in [-0.1, -0.05) is 43.2 Å². The van der Waals surface area contributed by atoms with E-state index in [1.54, 1.807) is 0 Å². The average molecular weight is 300 g/mol. The van der Waals surface area contributed by atoms with E-state index in [0.29, 0.717) is 19.3 Å². The number of rotatable bonds is 6. The molecule has 2 rings (SSSR count). The van der Waals surface area contributed by atoms with Crippen molar-refractivity contribution in [2.45, 2.75) is 32.1 Å². The summed E-state index contributed by atoms with van der Waals surface area (Å²) in [5, 5.41) is 21.3. The molecule has 0 aliphatic heterocycles. The summed E-state index contributed by atoms with van der Waals surface area (Å²) in [5.74, 6) is -1.96. The number of nitriles is 1. The van der Waals surface area contributed by atoms with Gasteiger partial charge in [-0.25, -0.2) is 0 Å². The van der Waals surface area contributed by atoms with Crippen LogP contribution in [0.3, 0.4) is 0 Å². The molecule has 1 atom stereocenters. The minimum atomic E-state index is -0.962. The molecule has 0 heterocycles. The van der Waals surface area contributed by atoms with Crippen molar-refractivity contribution in [3.63, 3.8) is 0 Å². The molecule has 1 aliphatic carbocycles. The van der Waals surface area contributed by atoms with Gasteiger partial charge in [0.15, 0.2) is 0 Å². The van der Waals surface area contributed by atoms with E-state index in [4.69, 9.17) is 0 Å². The summed E-state index contributed by atoms with van der Waals surface area (Å²) in [6, 6.07) is 11.4. The first-order valence-electron chi connectivity index (χ1n) is 7.54. The van der Waals surface area contributed by atoms with Crippen LogP contribution in [0.4, 0.5) is 0 Å². The van der Waals surface area contributed by atoms with Gasteiger partial charge in [0.05, 0.1) is 12.0 Å². The van der Waals surface area contributed by atoms with Gasteiger partial charge in [0.2, 0.25) is 5.91 Å². The molecule has 1 aliphatic rings. The van der Waals surface area contributed by atoms with Gasteiger partial charge >= 0.3 is 5.97 Å². The van der Waals surface area contributed by atoms with E-state index in [-0.39, 0.29) is 12.5 Å². The summed E-state index contributed by atoms with van der Waals surface area (Å²) < 4.78 is 0. The summed E-state index contributed by atoms with van der Waals surface area (Å²) >= 11 is 0. The van der Waals surface area contributed by atoms with E-state index < -0.39 is 17.3 Å². The molecule has 116 valence electrons. The summed E-state index contributed by atoms with van der Waals surface area (Å²) in [7, 11) is 0. The number of carboxylic acids is 1. The largest absolute Gasteiger partial charge is 0.481 e. The first-order valence-corrected chi connectivity index (χ1v) is 7.54. The van der Waals surface area contributed by atoms with Crippen LogP contribution >= 0.6 is 0 Å². The molecule has 2 N–H and O–H groups in total. The molecule has 0 spiro atoms. The standard InChI is InChI=1S/C17H20N2O3/c18-12-17(8-4-5-9-17)16(22)19-11-14(15(20)21)10-13-6-2-1-3-7-13/h1-3,6-7,14H,4-5,8-11H2,(H,19,22)(H,20,21). The zero-order chi connectivity index (χ0) is 16.0. The second-order valence-corrected chi connectivity index (χ2v) is 5.84. The van der Waals surface area contributed by atoms with Crippen LogP contribution in [0.2, 0.25) is 0 Å². The Labute approximate surface area is 129 Å². The Hall–Kier alpha value is -2.35. The summed E-state index contributed by atoms with van der Waals surface area (Å²) in [6.07, 6.45) is 3.22. The minimum Gasteiger partial charge on any atom is -0.481 e. The van der Waals surface area contributed by atoms with Crippen molar-refractivity contribution in [2.24, 2.45) is 11.3 Å². The number of carbonyl (C=O) groups is 2. The molecule has 1 unspecified atom stereocenters. The molecule has 0 radical (unpaired) electrons. The molecular formula is C17H20N2O3. The topological polar surface area (TPSA) is 90.2 Å². The van der Waals surface area contributed by atoms with E-state index >= 15 is 0 Å². The van der Waals surface area contributed by atoms with Crippen molar-refractivity contribution in [2.75, 3.05) is 6.54 Å². The highest BCUT2D eigenvalue weighted by Gasteiger charge is 2.41. The SMILES string of the molecule is N#CC1(C(=O)NCC(Cc2ccccc2)C(=O)O)CCCC1. The van der Waals surface area contributed by atoms with E-state index in [0.717, 1.165) is 18.4 Å². The molecule has 1 fully saturated rings. The summed E-state index contributed by atoms with van der Waals surface area (Å²) in [6.45, 7) is 0.0481. The Kier molecular flexibility index (Phi) is 5.16. The van der Waals surface area contributed by atoms with Gasteiger partial charge in [0.1, 0.15) is 5.41 Å². The predicted octanol–water partition coefficient (Wildman–Crippen LogP) is 2.13. The minimum absolute atomic E-state index is 0.0481. The molecular weight excluding hydrogens is 280 g/mol. The van der Waals surface area contributed by atoms with Crippen LogP contribution in [0.25, 0.3) is 0 Å². The van der Waals surface area contributed by atoms with Crippen LogP contribution < -0.4 is 5.32 Å². The number of carbonyl (C=O) groups excluding carboxylic acids is 1. The van der Waals surface area contributed by atoms with E-state index in [1.165, 1.54) is 0 Å². The van der Waals surface area contributed by atoms with Crippen molar-refractivity contribution < 1.29 is 14.7 Å². The second kappa shape index (κ2) is 7.08. The molecule has 0 bridgehead atoms. The Bertz CT molecular complexity index is 571. The number of carboxylic acid groups (broad SMARTS) is 1. The average Bonchev–Trinajstić information content (AvgIpc) is 3.02. The maximum absolute atomic E-state index is 12.3. The molecule has 1 aromatic carbocycles. The maximum Gasteiger partial charge on any atom is 0.308 e. The number of nitrogens with one attached hydrogen (secondary N) is 1. The normalized spacial score (nSPS) is 17.4. The van der Waals surface area contributed by atoms with E-state index in [9.17, 15) is 20.0 Å². The monoisotopic (exact) mass is 300 g/mol. The molecule has 5 nitrogen and oxygen atoms in total. The molecule has 0 saturated heterocycles. The Morgan fingerprint density at radius 3 is 2.45 bits per heavy atom. The zero-order valence-electron chi connectivity index (χ0n) is 12.4. The quantitative estimate of drug-likeness (QED) is 0.842. The molecule has 0 aromatic heterocycles. The van der Waals surface area contributed by atoms with Crippen LogP contribution in [0.15, 0.2) is 30.3 Å². The highest BCUT2D eigenvalue weighted by Crippen LogP contribution is 2.37. The third kappa shape index (κ3) is 3.64. The Balaban J connectivity index is 1.96. The fraction of sp³-hybridized carbons (Fsp3) is 0.471. The lowest BCUT2D eigenvalue weighted by Gasteiger charge is -2.21. The van der Waals surface area contributed by atoms with Crippen LogP contribution in [0.1, 0.15) is 31.2 Å². The van der Waals surface area contributed by atoms with Gasteiger partial charge < -0.3 is 10.4 Å². The fourth-order valence-electron chi connectivity index (χ4n) is 2.90. The lowest BCUT2D eigenvalue weighted by atomic mass is 9.87. The first kappa shape index (κ1) is 16.0. The van der Waals surface area contributed by atoms with Crippen LogP contribution in [0, 0.1) is 22.7 Å². The third-order valence-electron chi connectivity index (χ3n) is 4.29. The summed E-state index contributed by atoms with van der Waals surface area (Å²) in [5.41, 5.74) is -0.0458. The van der Waals surface area contributed by atoms with Gasteiger partial charge in [-0.2, -0.15) is 5.26 Å². The number of amides is 1. The number of benzene rings is 1. The van der Waals surface area contributed by atoms with Crippen LogP contribution in [0.5, 0.6) is 0 Å². The van der Waals surface area contributed by atoms with Gasteiger partial charge in [-0.15, -0.1) is 0 Å². The van der Waals surface area contributed by atoms with Crippen molar-refractivity contribution in [3.8, 4) is 6.07 Å². The summed E-state index contributed by atoms with van der Waals surface area (Å²) in [4.78, 5) is 23.6. The smallest absolute Gasteiger partial charge is 0.308 e. The lowest BCUT2D eigenvalue weighted by Crippen LogP contribution is -2.42. The second-order valence-electron chi connectivity index (χ2n) is 5.84. The van der Waals surface area contributed by atoms with Crippen molar-refractivity contribution in [1.29, 1.82) is 5.26 Å². The van der Waals surface area contributed by atoms with Crippen molar-refractivity contribution >= 4 is 11.9 Å². The molecule has 1 saturated carbocycles. The number of hydrogen-bond acceptors (Lipinski definition) is 3. The van der Waals surface area contributed by atoms with Crippen LogP contribution in [-0.4, -0.2) is 23.5 Å². The number of aliphatic carboxylic acids is 1. The van der Waals surface area contributed by atoms with Crippen LogP contribution in [-0.2, 0) is 16.0 Å². The Morgan fingerprint density at radius 2 is 1.91 bits per heavy atom. The fourth-order valence-corrected chi connectivity index (χ4v) is 2.90. The molecule has 5 heteroatoms. The molecule has 1 amide bonds. The molecule has 1 aromatic rings. The Morgan fingerprint density at radius 1 is 1.27 bits per heavy atom. The van der Waals surface area contributed by atoms with Gasteiger partial charge in [-0.3, -0.25) is 9.59 Å². The van der Waals surface area contributed by atoms with E-state index in [1.807, 2.05) is 30.3 Å². The highest BCUT2D eigenvalue weighted by molar-refractivity contribution is 5.86. The zero-order valence-corrected chi connectivity index (χ0v) is 12.4. The highest BCUT2D eigenvalue weighted by atomic mass is 16.4. The first-order chi connectivity index (χ1) is 10.6. The predicted molar refractivity (Wildman–Crippen MR) is 80.8 cm³/mol. The van der Waals surface area contributed by atoms with Crippen molar-refractivity contribution in [3.05, 3.63) is 35.9 Å². The van der Waals surface area contributed by atoms with E-state index in [2.05, 4.69) is 11.4 Å². The molecule has 22 heavy (non-hydrogen) atoms.